The van der Waals surface area contributed by atoms with Crippen LogP contribution in [0.4, 0.5) is 5.69 Å². The lowest BCUT2D eigenvalue weighted by molar-refractivity contribution is -0.132. The van der Waals surface area contributed by atoms with E-state index in [1.807, 2.05) is 6.92 Å². The number of nitrogens with zero attached hydrogens (tertiary/aromatic N) is 1. The zero-order valence-electron chi connectivity index (χ0n) is 14.4. The molecule has 1 aliphatic rings. The minimum Gasteiger partial charge on any atom is -0.379 e. The number of ether oxygens (including phenoxy) is 2. The van der Waals surface area contributed by atoms with Gasteiger partial charge in [0.1, 0.15) is 6.10 Å². The van der Waals surface area contributed by atoms with Gasteiger partial charge in [-0.25, -0.2) is 0 Å². The Labute approximate surface area is 139 Å². The number of rotatable bonds is 8. The van der Waals surface area contributed by atoms with Crippen LogP contribution in [0.15, 0.2) is 18.2 Å². The van der Waals surface area contributed by atoms with Crippen LogP contribution in [-0.2, 0) is 27.2 Å². The maximum absolute atomic E-state index is 12.0. The van der Waals surface area contributed by atoms with Crippen LogP contribution >= 0.6 is 0 Å². The average Bonchev–Trinajstić information content (AvgIpc) is 2.56. The van der Waals surface area contributed by atoms with Gasteiger partial charge in [-0.2, -0.15) is 0 Å². The summed E-state index contributed by atoms with van der Waals surface area (Å²) < 4.78 is 10.6. The van der Waals surface area contributed by atoms with Crippen molar-refractivity contribution in [2.75, 3.05) is 38.3 Å². The van der Waals surface area contributed by atoms with Gasteiger partial charge in [-0.15, -0.1) is 0 Å². The molecule has 1 atom stereocenters. The fourth-order valence-electron chi connectivity index (χ4n) is 2.79. The number of anilines is 1. The highest BCUT2D eigenvalue weighted by Crippen LogP contribution is 2.26. The Bertz CT molecular complexity index is 519. The lowest BCUT2D eigenvalue weighted by Gasteiger charge is -2.27. The van der Waals surface area contributed by atoms with Gasteiger partial charge in [0.25, 0.3) is 0 Å². The molecule has 0 unspecified atom stereocenters. The van der Waals surface area contributed by atoms with Gasteiger partial charge < -0.3 is 19.7 Å². The molecule has 1 aromatic rings. The summed E-state index contributed by atoms with van der Waals surface area (Å²) in [6.07, 6.45) is 1.84. The number of fused-ring (bicyclic) bond motifs is 1. The number of hydrogen-bond acceptors (Lipinski definition) is 4. The summed E-state index contributed by atoms with van der Waals surface area (Å²) in [5, 5.41) is 2.94. The Hall–Kier alpha value is -1.59. The van der Waals surface area contributed by atoms with Crippen LogP contribution in [0.5, 0.6) is 0 Å². The van der Waals surface area contributed by atoms with Crippen molar-refractivity contribution in [2.45, 2.75) is 39.3 Å². The third-order valence-corrected chi connectivity index (χ3v) is 4.13. The predicted octanol–water partition coefficient (Wildman–Crippen LogP) is 2.13. The Balaban J connectivity index is 1.80. The largest absolute Gasteiger partial charge is 0.379 e. The van der Waals surface area contributed by atoms with Gasteiger partial charge in [0.2, 0.25) is 5.91 Å². The van der Waals surface area contributed by atoms with Crippen LogP contribution in [0.25, 0.3) is 0 Å². The van der Waals surface area contributed by atoms with Gasteiger partial charge in [0.15, 0.2) is 0 Å². The van der Waals surface area contributed by atoms with Crippen molar-refractivity contribution in [2.24, 2.45) is 0 Å². The number of benzene rings is 1. The van der Waals surface area contributed by atoms with Crippen molar-refractivity contribution in [3.8, 4) is 0 Å². The Morgan fingerprint density at radius 3 is 3.00 bits per heavy atom. The predicted molar refractivity (Wildman–Crippen MR) is 91.8 cm³/mol. The van der Waals surface area contributed by atoms with Gasteiger partial charge in [-0.05, 0) is 43.9 Å². The summed E-state index contributed by atoms with van der Waals surface area (Å²) in [7, 11) is 2.13. The van der Waals surface area contributed by atoms with Crippen molar-refractivity contribution < 1.29 is 14.3 Å². The third-order valence-electron chi connectivity index (χ3n) is 4.13. The molecule has 0 aliphatic carbocycles. The van der Waals surface area contributed by atoms with E-state index in [-0.39, 0.29) is 5.91 Å². The Morgan fingerprint density at radius 1 is 1.39 bits per heavy atom. The average molecular weight is 320 g/mol. The van der Waals surface area contributed by atoms with Gasteiger partial charge in [-0.3, -0.25) is 4.79 Å². The van der Waals surface area contributed by atoms with E-state index in [1.54, 1.807) is 6.92 Å². The molecule has 0 aromatic heterocycles. The molecule has 0 bridgehead atoms. The molecule has 1 amide bonds. The van der Waals surface area contributed by atoms with Crippen LogP contribution in [0.2, 0.25) is 0 Å². The SMILES string of the molecule is CCOCCO[C@H](C)C(=O)NCc1ccc2c(c1)CCCN2C. The summed E-state index contributed by atoms with van der Waals surface area (Å²) in [5.41, 5.74) is 3.80. The summed E-state index contributed by atoms with van der Waals surface area (Å²) in [4.78, 5) is 14.3. The van der Waals surface area contributed by atoms with E-state index in [0.29, 0.717) is 26.4 Å². The first-order valence-corrected chi connectivity index (χ1v) is 8.41. The molecule has 1 aliphatic heterocycles. The van der Waals surface area contributed by atoms with E-state index in [2.05, 4.69) is 35.5 Å². The first kappa shape index (κ1) is 17.8. The van der Waals surface area contributed by atoms with Crippen LogP contribution in [0, 0.1) is 0 Å². The first-order chi connectivity index (χ1) is 11.1. The number of nitrogens with one attached hydrogen (secondary N) is 1. The minimum atomic E-state index is -0.459. The van der Waals surface area contributed by atoms with E-state index in [1.165, 1.54) is 17.7 Å². The normalized spacial score (nSPS) is 15.2. The van der Waals surface area contributed by atoms with Crippen molar-refractivity contribution >= 4 is 11.6 Å². The van der Waals surface area contributed by atoms with Crippen LogP contribution in [0.1, 0.15) is 31.4 Å². The quantitative estimate of drug-likeness (QED) is 0.746. The summed E-state index contributed by atoms with van der Waals surface area (Å²) in [6.45, 7) is 6.97. The van der Waals surface area contributed by atoms with Crippen LogP contribution in [-0.4, -0.2) is 45.4 Å². The Kier molecular flexibility index (Phi) is 6.86. The highest BCUT2D eigenvalue weighted by atomic mass is 16.5. The van der Waals surface area contributed by atoms with Gasteiger partial charge >= 0.3 is 0 Å². The van der Waals surface area contributed by atoms with Crippen LogP contribution in [0.3, 0.4) is 0 Å². The van der Waals surface area contributed by atoms with Crippen molar-refractivity contribution in [1.82, 2.24) is 5.32 Å². The smallest absolute Gasteiger partial charge is 0.249 e. The molecule has 5 heteroatoms. The molecule has 0 radical (unpaired) electrons. The molecule has 2 rings (SSSR count). The van der Waals surface area contributed by atoms with E-state index in [0.717, 1.165) is 18.5 Å². The van der Waals surface area contributed by atoms with E-state index < -0.39 is 6.10 Å². The zero-order valence-corrected chi connectivity index (χ0v) is 14.4. The van der Waals surface area contributed by atoms with Gasteiger partial charge in [0.05, 0.1) is 13.2 Å². The van der Waals surface area contributed by atoms with E-state index in [4.69, 9.17) is 9.47 Å². The van der Waals surface area contributed by atoms with Crippen LogP contribution < -0.4 is 10.2 Å². The monoisotopic (exact) mass is 320 g/mol. The van der Waals surface area contributed by atoms with Crippen molar-refractivity contribution in [3.05, 3.63) is 29.3 Å². The lowest BCUT2D eigenvalue weighted by Crippen LogP contribution is -2.34. The summed E-state index contributed by atoms with van der Waals surface area (Å²) in [5.74, 6) is -0.0867. The topological polar surface area (TPSA) is 50.8 Å². The molecule has 0 fully saturated rings. The molecule has 0 spiro atoms. The number of hydrogen-bond donors (Lipinski definition) is 1. The number of amides is 1. The summed E-state index contributed by atoms with van der Waals surface area (Å²) in [6, 6.07) is 6.44. The first-order valence-electron chi connectivity index (χ1n) is 8.41. The molecule has 1 N–H and O–H groups in total. The lowest BCUT2D eigenvalue weighted by atomic mass is 9.99. The van der Waals surface area contributed by atoms with E-state index in [9.17, 15) is 4.79 Å². The Morgan fingerprint density at radius 2 is 2.22 bits per heavy atom. The minimum absolute atomic E-state index is 0.0867. The summed E-state index contributed by atoms with van der Waals surface area (Å²) >= 11 is 0. The second-order valence-corrected chi connectivity index (χ2v) is 5.92. The molecular weight excluding hydrogens is 292 g/mol. The molecule has 0 saturated carbocycles. The van der Waals surface area contributed by atoms with Crippen molar-refractivity contribution in [3.63, 3.8) is 0 Å². The van der Waals surface area contributed by atoms with Gasteiger partial charge in [-0.1, -0.05) is 12.1 Å². The number of aryl methyl sites for hydroxylation is 1. The highest BCUT2D eigenvalue weighted by molar-refractivity contribution is 5.80. The zero-order chi connectivity index (χ0) is 16.7. The second kappa shape index (κ2) is 8.89. The van der Waals surface area contributed by atoms with E-state index >= 15 is 0 Å². The fraction of sp³-hybridized carbons (Fsp3) is 0.611. The maximum Gasteiger partial charge on any atom is 0.249 e. The molecule has 0 saturated heterocycles. The molecular formula is C18H28N2O3. The number of carbonyl (C=O) groups is 1. The third kappa shape index (κ3) is 5.22. The standard InChI is InChI=1S/C18H28N2O3/c1-4-22-10-11-23-14(2)18(21)19-13-15-7-8-17-16(12-15)6-5-9-20(17)3/h7-8,12,14H,4-6,9-11,13H2,1-3H3,(H,19,21)/t14-/m1/s1. The fourth-order valence-corrected chi connectivity index (χ4v) is 2.79. The maximum atomic E-state index is 12.0. The molecule has 1 heterocycles. The second-order valence-electron chi connectivity index (χ2n) is 5.92. The van der Waals surface area contributed by atoms with Gasteiger partial charge in [0, 0.05) is 32.4 Å². The molecule has 128 valence electrons. The molecule has 23 heavy (non-hydrogen) atoms. The number of carbonyl (C=O) groups excluding carboxylic acids is 1. The molecule has 5 nitrogen and oxygen atoms in total. The molecule has 1 aromatic carbocycles. The van der Waals surface area contributed by atoms with Crippen molar-refractivity contribution in [1.29, 1.82) is 0 Å². The highest BCUT2D eigenvalue weighted by Gasteiger charge is 2.15.